The van der Waals surface area contributed by atoms with Gasteiger partial charge < -0.3 is 9.88 Å². The predicted molar refractivity (Wildman–Crippen MR) is 70.3 cm³/mol. The van der Waals surface area contributed by atoms with Gasteiger partial charge in [0.2, 0.25) is 5.95 Å². The molecule has 0 radical (unpaired) electrons. The van der Waals surface area contributed by atoms with Crippen molar-refractivity contribution >= 4 is 32.9 Å². The molecule has 4 heteroatoms. The van der Waals surface area contributed by atoms with Gasteiger partial charge in [-0.05, 0) is 25.0 Å². The number of aromatic nitrogens is 2. The van der Waals surface area contributed by atoms with Crippen LogP contribution in [0.1, 0.15) is 12.8 Å². The van der Waals surface area contributed by atoms with E-state index in [4.69, 9.17) is 0 Å². The highest BCUT2D eigenvalue weighted by Gasteiger charge is 2.19. The lowest BCUT2D eigenvalue weighted by Gasteiger charge is -2.29. The van der Waals surface area contributed by atoms with Gasteiger partial charge in [0.05, 0.1) is 11.0 Å². The first kappa shape index (κ1) is 10.1. The molecule has 1 fully saturated rings. The number of nitrogens with zero attached hydrogens (tertiary/aromatic N) is 2. The number of hydrogen-bond acceptors (Lipinski definition) is 2. The second kappa shape index (κ2) is 4.09. The van der Waals surface area contributed by atoms with Crippen LogP contribution in [0.5, 0.6) is 0 Å². The van der Waals surface area contributed by atoms with E-state index in [1.165, 1.54) is 12.8 Å². The third kappa shape index (κ3) is 1.82. The smallest absolute Gasteiger partial charge is 0.203 e. The zero-order valence-electron chi connectivity index (χ0n) is 8.99. The molecule has 0 bridgehead atoms. The van der Waals surface area contributed by atoms with Crippen molar-refractivity contribution < 1.29 is 0 Å². The molecule has 3 nitrogen and oxygen atoms in total. The minimum atomic E-state index is 0.592. The number of H-pyrrole nitrogens is 1. The molecule has 1 aromatic carbocycles. The number of hydrogen-bond donors (Lipinski definition) is 1. The number of aromatic amines is 1. The average Bonchev–Trinajstić information content (AvgIpc) is 2.72. The first-order chi connectivity index (χ1) is 7.83. The summed E-state index contributed by atoms with van der Waals surface area (Å²) < 4.78 is 0. The third-order valence-electron chi connectivity index (χ3n) is 3.04. The molecule has 84 valence electrons. The number of nitrogens with one attached hydrogen (secondary N) is 1. The highest BCUT2D eigenvalue weighted by atomic mass is 79.9. The first-order valence-electron chi connectivity index (χ1n) is 5.67. The molecule has 0 aliphatic carbocycles. The van der Waals surface area contributed by atoms with Gasteiger partial charge in [0.25, 0.3) is 0 Å². The summed E-state index contributed by atoms with van der Waals surface area (Å²) in [6, 6.07) is 8.18. The first-order valence-corrected chi connectivity index (χ1v) is 6.58. The Labute approximate surface area is 103 Å². The van der Waals surface area contributed by atoms with Crippen LogP contribution in [0.25, 0.3) is 11.0 Å². The standard InChI is InChI=1S/C12H14BrN3/c13-9-4-3-7-16(8-9)12-14-10-5-1-2-6-11(10)15-12/h1-2,5-6,9H,3-4,7-8H2,(H,14,15). The fourth-order valence-electron chi connectivity index (χ4n) is 2.21. The monoisotopic (exact) mass is 279 g/mol. The second-order valence-electron chi connectivity index (χ2n) is 4.26. The molecule has 1 aliphatic rings. The normalized spacial score (nSPS) is 21.6. The van der Waals surface area contributed by atoms with Crippen LogP contribution in [0.3, 0.4) is 0 Å². The molecule has 1 aliphatic heterocycles. The maximum Gasteiger partial charge on any atom is 0.203 e. The Bertz CT molecular complexity index is 461. The number of piperidine rings is 1. The minimum absolute atomic E-state index is 0.592. The highest BCUT2D eigenvalue weighted by Crippen LogP contribution is 2.23. The van der Waals surface area contributed by atoms with Crippen LogP contribution in [0.15, 0.2) is 24.3 Å². The zero-order chi connectivity index (χ0) is 11.0. The molecule has 1 saturated heterocycles. The number of imidazole rings is 1. The van der Waals surface area contributed by atoms with Crippen LogP contribution in [0, 0.1) is 0 Å². The zero-order valence-corrected chi connectivity index (χ0v) is 10.6. The molecule has 0 amide bonds. The number of benzene rings is 1. The van der Waals surface area contributed by atoms with E-state index in [1.807, 2.05) is 18.2 Å². The van der Waals surface area contributed by atoms with E-state index in [0.717, 1.165) is 30.1 Å². The van der Waals surface area contributed by atoms with E-state index in [9.17, 15) is 0 Å². The molecule has 1 N–H and O–H groups in total. The molecule has 0 saturated carbocycles. The molecule has 1 atom stereocenters. The van der Waals surface area contributed by atoms with Crippen molar-refractivity contribution in [2.24, 2.45) is 0 Å². The van der Waals surface area contributed by atoms with Gasteiger partial charge in [-0.1, -0.05) is 28.1 Å². The third-order valence-corrected chi connectivity index (χ3v) is 3.79. The van der Waals surface area contributed by atoms with Gasteiger partial charge in [-0.25, -0.2) is 4.98 Å². The molecule has 2 aromatic rings. The van der Waals surface area contributed by atoms with E-state index < -0.39 is 0 Å². The summed E-state index contributed by atoms with van der Waals surface area (Å²) >= 11 is 3.69. The lowest BCUT2D eigenvalue weighted by atomic mass is 10.1. The summed E-state index contributed by atoms with van der Waals surface area (Å²) in [4.78, 5) is 10.9. The summed E-state index contributed by atoms with van der Waals surface area (Å²) in [5, 5.41) is 0. The summed E-state index contributed by atoms with van der Waals surface area (Å²) in [6.45, 7) is 2.14. The predicted octanol–water partition coefficient (Wildman–Crippen LogP) is 2.93. The number of anilines is 1. The SMILES string of the molecule is BrC1CCCN(c2nc3ccccc3[nH]2)C1. The van der Waals surface area contributed by atoms with E-state index in [0.29, 0.717) is 4.83 Å². The second-order valence-corrected chi connectivity index (χ2v) is 5.56. The van der Waals surface area contributed by atoms with E-state index >= 15 is 0 Å². The van der Waals surface area contributed by atoms with Crippen molar-refractivity contribution in [2.45, 2.75) is 17.7 Å². The number of alkyl halides is 1. The van der Waals surface area contributed by atoms with E-state index in [-0.39, 0.29) is 0 Å². The van der Waals surface area contributed by atoms with Crippen LogP contribution in [0.4, 0.5) is 5.95 Å². The lowest BCUT2D eigenvalue weighted by Crippen LogP contribution is -2.36. The summed E-state index contributed by atoms with van der Waals surface area (Å²) in [7, 11) is 0. The van der Waals surface area contributed by atoms with Crippen molar-refractivity contribution in [3.63, 3.8) is 0 Å². The van der Waals surface area contributed by atoms with Gasteiger partial charge in [0.15, 0.2) is 0 Å². The van der Waals surface area contributed by atoms with Gasteiger partial charge in [-0.2, -0.15) is 0 Å². The lowest BCUT2D eigenvalue weighted by molar-refractivity contribution is 0.588. The molecular formula is C12H14BrN3. The summed E-state index contributed by atoms with van der Waals surface area (Å²) in [5.41, 5.74) is 2.17. The summed E-state index contributed by atoms with van der Waals surface area (Å²) in [5.74, 6) is 1.00. The molecule has 1 aromatic heterocycles. The molecular weight excluding hydrogens is 266 g/mol. The Hall–Kier alpha value is -1.03. The summed E-state index contributed by atoms with van der Waals surface area (Å²) in [6.07, 6.45) is 2.49. The number of fused-ring (bicyclic) bond motifs is 1. The Morgan fingerprint density at radius 2 is 2.25 bits per heavy atom. The van der Waals surface area contributed by atoms with E-state index in [1.54, 1.807) is 0 Å². The van der Waals surface area contributed by atoms with Crippen LogP contribution < -0.4 is 4.90 Å². The number of halogens is 1. The molecule has 3 rings (SSSR count). The van der Waals surface area contributed by atoms with Crippen LogP contribution in [0.2, 0.25) is 0 Å². The van der Waals surface area contributed by atoms with Crippen LogP contribution >= 0.6 is 15.9 Å². The molecule has 16 heavy (non-hydrogen) atoms. The fraction of sp³-hybridized carbons (Fsp3) is 0.417. The highest BCUT2D eigenvalue weighted by molar-refractivity contribution is 9.09. The van der Waals surface area contributed by atoms with Crippen molar-refractivity contribution in [1.82, 2.24) is 9.97 Å². The maximum absolute atomic E-state index is 4.62. The van der Waals surface area contributed by atoms with Crippen molar-refractivity contribution in [3.05, 3.63) is 24.3 Å². The van der Waals surface area contributed by atoms with Gasteiger partial charge in [0, 0.05) is 17.9 Å². The van der Waals surface area contributed by atoms with Crippen LogP contribution in [-0.2, 0) is 0 Å². The quantitative estimate of drug-likeness (QED) is 0.814. The van der Waals surface area contributed by atoms with Gasteiger partial charge in [0.1, 0.15) is 0 Å². The Morgan fingerprint density at radius 3 is 3.06 bits per heavy atom. The van der Waals surface area contributed by atoms with E-state index in [2.05, 4.69) is 36.9 Å². The average molecular weight is 280 g/mol. The molecule has 1 unspecified atom stereocenters. The largest absolute Gasteiger partial charge is 0.341 e. The minimum Gasteiger partial charge on any atom is -0.341 e. The van der Waals surface area contributed by atoms with Gasteiger partial charge >= 0.3 is 0 Å². The molecule has 2 heterocycles. The van der Waals surface area contributed by atoms with Gasteiger partial charge in [-0.15, -0.1) is 0 Å². The fourth-order valence-corrected chi connectivity index (χ4v) is 2.88. The maximum atomic E-state index is 4.62. The molecule has 0 spiro atoms. The van der Waals surface area contributed by atoms with Crippen LogP contribution in [-0.4, -0.2) is 27.9 Å². The van der Waals surface area contributed by atoms with Crippen molar-refractivity contribution in [3.8, 4) is 0 Å². The topological polar surface area (TPSA) is 31.9 Å². The Balaban J connectivity index is 1.93. The van der Waals surface area contributed by atoms with Crippen molar-refractivity contribution in [2.75, 3.05) is 18.0 Å². The Morgan fingerprint density at radius 1 is 1.38 bits per heavy atom. The van der Waals surface area contributed by atoms with Crippen molar-refractivity contribution in [1.29, 1.82) is 0 Å². The van der Waals surface area contributed by atoms with Gasteiger partial charge in [-0.3, -0.25) is 0 Å². The number of para-hydroxylation sites is 2. The Kier molecular flexibility index (Phi) is 2.59. The number of rotatable bonds is 1.